The highest BCUT2D eigenvalue weighted by atomic mass is 32.2. The van der Waals surface area contributed by atoms with E-state index >= 15 is 0 Å². The van der Waals surface area contributed by atoms with Crippen molar-refractivity contribution in [2.24, 2.45) is 0 Å². The van der Waals surface area contributed by atoms with Crippen molar-refractivity contribution in [1.29, 1.82) is 0 Å². The van der Waals surface area contributed by atoms with E-state index in [1.165, 1.54) is 24.3 Å². The van der Waals surface area contributed by atoms with Gasteiger partial charge in [0.2, 0.25) is 15.3 Å². The van der Waals surface area contributed by atoms with Gasteiger partial charge in [0, 0.05) is 0 Å². The monoisotopic (exact) mass is 706 g/mol. The smallest absolute Gasteiger partial charge is 0.411 e. The van der Waals surface area contributed by atoms with E-state index in [4.69, 9.17) is 9.47 Å². The Bertz CT molecular complexity index is 1790. The van der Waals surface area contributed by atoms with Gasteiger partial charge in [0.25, 0.3) is 0 Å². The van der Waals surface area contributed by atoms with Gasteiger partial charge in [0.15, 0.2) is 0 Å². The summed E-state index contributed by atoms with van der Waals surface area (Å²) in [6.07, 6.45) is -9.47. The van der Waals surface area contributed by atoms with E-state index in [2.05, 4.69) is 13.8 Å². The Labute approximate surface area is 284 Å². The minimum atomic E-state index is -5.76. The highest BCUT2D eigenvalue weighted by Gasteiger charge is 2.72. The second kappa shape index (κ2) is 13.7. The summed E-state index contributed by atoms with van der Waals surface area (Å²) in [7, 11) is -3.87. The normalized spacial score (nSPS) is 13.3. The molecule has 0 N–H and O–H groups in total. The molecular weight excluding hydrogens is 666 g/mol. The number of benzene rings is 4. The molecule has 264 valence electrons. The van der Waals surface area contributed by atoms with Crippen LogP contribution in [0.3, 0.4) is 0 Å². The molecule has 0 bridgehead atoms. The van der Waals surface area contributed by atoms with Crippen LogP contribution in [0.2, 0.25) is 0 Å². The van der Waals surface area contributed by atoms with Gasteiger partial charge in [0.05, 0.1) is 9.79 Å². The molecule has 4 rings (SSSR count). The quantitative estimate of drug-likeness (QED) is 0.138. The Morgan fingerprint density at radius 1 is 0.510 bits per heavy atom. The molecule has 0 aliphatic rings. The summed E-state index contributed by atoms with van der Waals surface area (Å²) in [6, 6.07) is 19.3. The lowest BCUT2D eigenvalue weighted by molar-refractivity contribution is -0.288. The number of halogens is 6. The lowest BCUT2D eigenvalue weighted by Gasteiger charge is -2.38. The minimum Gasteiger partial charge on any atom is -0.488 e. The van der Waals surface area contributed by atoms with Crippen LogP contribution in [0.4, 0.5) is 26.3 Å². The third kappa shape index (κ3) is 7.46. The Hall–Kier alpha value is -3.99. The van der Waals surface area contributed by atoms with Gasteiger partial charge < -0.3 is 9.47 Å². The second-order valence-electron chi connectivity index (χ2n) is 12.9. The maximum Gasteiger partial charge on any atom is 0.411 e. The van der Waals surface area contributed by atoms with Crippen LogP contribution in [-0.4, -0.2) is 26.4 Å². The predicted octanol–water partition coefficient (Wildman–Crippen LogP) is 11.4. The number of sulfone groups is 1. The number of hydrogen-bond donors (Lipinski definition) is 0. The van der Waals surface area contributed by atoms with Gasteiger partial charge in [-0.25, -0.2) is 8.42 Å². The summed E-state index contributed by atoms with van der Waals surface area (Å²) in [5.74, 6) is 0.241. The van der Waals surface area contributed by atoms with Gasteiger partial charge in [-0.1, -0.05) is 71.0 Å². The van der Waals surface area contributed by atoms with Gasteiger partial charge in [-0.15, -0.1) is 0 Å². The largest absolute Gasteiger partial charge is 0.488 e. The highest BCUT2D eigenvalue weighted by molar-refractivity contribution is 7.91. The van der Waals surface area contributed by atoms with Crippen molar-refractivity contribution in [3.05, 3.63) is 114 Å². The fourth-order valence-corrected chi connectivity index (χ4v) is 6.72. The van der Waals surface area contributed by atoms with Crippen molar-refractivity contribution >= 4 is 9.84 Å². The average Bonchev–Trinajstić information content (AvgIpc) is 3.05. The zero-order chi connectivity index (χ0) is 36.5. The van der Waals surface area contributed by atoms with Crippen LogP contribution in [0.1, 0.15) is 77.5 Å². The summed E-state index contributed by atoms with van der Waals surface area (Å²) in [4.78, 5) is 0.0936. The summed E-state index contributed by atoms with van der Waals surface area (Å²) >= 11 is 0. The molecule has 0 aliphatic heterocycles. The molecule has 0 saturated carbocycles. The fraction of sp³-hybridized carbons (Fsp3) is 0.368. The average molecular weight is 707 g/mol. The van der Waals surface area contributed by atoms with Crippen molar-refractivity contribution in [3.63, 3.8) is 0 Å². The first kappa shape index (κ1) is 37.8. The topological polar surface area (TPSA) is 52.6 Å². The van der Waals surface area contributed by atoms with Gasteiger partial charge >= 0.3 is 12.4 Å². The van der Waals surface area contributed by atoms with Crippen molar-refractivity contribution in [2.45, 2.75) is 99.4 Å². The molecule has 0 heterocycles. The first-order valence-corrected chi connectivity index (χ1v) is 17.4. The molecule has 4 aromatic carbocycles. The first-order valence-electron chi connectivity index (χ1n) is 15.9. The minimum absolute atomic E-state index is 0.0109. The van der Waals surface area contributed by atoms with Crippen LogP contribution in [-0.2, 0) is 20.7 Å². The maximum absolute atomic E-state index is 14.7. The number of hydrogen-bond acceptors (Lipinski definition) is 4. The van der Waals surface area contributed by atoms with E-state index in [0.717, 1.165) is 60.5 Å². The predicted molar refractivity (Wildman–Crippen MR) is 177 cm³/mol. The zero-order valence-corrected chi connectivity index (χ0v) is 29.0. The van der Waals surface area contributed by atoms with Gasteiger partial charge in [-0.05, 0) is 109 Å². The first-order chi connectivity index (χ1) is 22.7. The number of alkyl halides is 6. The third-order valence-corrected chi connectivity index (χ3v) is 11.3. The summed E-state index contributed by atoms with van der Waals surface area (Å²) in [5.41, 5.74) is -6.14. The van der Waals surface area contributed by atoms with Crippen LogP contribution in [0.15, 0.2) is 107 Å². The molecule has 0 atom stereocenters. The van der Waals surface area contributed by atoms with Crippen LogP contribution in [0.5, 0.6) is 17.2 Å². The zero-order valence-electron chi connectivity index (χ0n) is 28.2. The van der Waals surface area contributed by atoms with E-state index in [-0.39, 0.29) is 32.5 Å². The van der Waals surface area contributed by atoms with Crippen LogP contribution in [0.25, 0.3) is 0 Å². The van der Waals surface area contributed by atoms with Crippen molar-refractivity contribution in [3.8, 4) is 17.2 Å². The molecule has 4 aromatic rings. The molecule has 0 amide bonds. The molecule has 49 heavy (non-hydrogen) atoms. The molecule has 0 saturated heterocycles. The molecular formula is C38H40F6O4S. The molecule has 0 aromatic heterocycles. The molecule has 0 fully saturated rings. The standard InChI is InChI=1S/C38H40F6O4S/c1-7-34(4,5)26-14-22-32(23-15-26)49(45,46)33-24-20-30(21-25-33)47-29-16-10-27(11-17-29)36(37(39,40)41,38(42,43)44)28-12-18-31(19-13-28)48-35(6,8-2)9-3/h10-25H,7-9H2,1-6H3. The molecule has 0 radical (unpaired) electrons. The van der Waals surface area contributed by atoms with E-state index in [1.54, 1.807) is 24.3 Å². The molecule has 0 spiro atoms. The lowest BCUT2D eigenvalue weighted by Crippen LogP contribution is -2.54. The van der Waals surface area contributed by atoms with Crippen molar-refractivity contribution < 1.29 is 44.2 Å². The van der Waals surface area contributed by atoms with Crippen molar-refractivity contribution in [2.75, 3.05) is 0 Å². The van der Waals surface area contributed by atoms with E-state index in [9.17, 15) is 34.8 Å². The molecule has 11 heteroatoms. The van der Waals surface area contributed by atoms with E-state index in [0.29, 0.717) is 12.8 Å². The SMILES string of the molecule is CCC(C)(CC)Oc1ccc(C(c2ccc(Oc3ccc(S(=O)(=O)c4ccc(C(C)(C)CC)cc4)cc3)cc2)(C(F)(F)F)C(F)(F)F)cc1. The Kier molecular flexibility index (Phi) is 10.6. The van der Waals surface area contributed by atoms with Crippen LogP contribution < -0.4 is 9.47 Å². The number of ether oxygens (including phenoxy) is 2. The maximum atomic E-state index is 14.7. The van der Waals surface area contributed by atoms with E-state index < -0.39 is 44.3 Å². The third-order valence-electron chi connectivity index (χ3n) is 9.48. The lowest BCUT2D eigenvalue weighted by atomic mass is 9.73. The molecule has 4 nitrogen and oxygen atoms in total. The Morgan fingerprint density at radius 2 is 0.857 bits per heavy atom. The van der Waals surface area contributed by atoms with Gasteiger partial charge in [-0.3, -0.25) is 0 Å². The summed E-state index contributed by atoms with van der Waals surface area (Å²) in [5, 5.41) is 0. The van der Waals surface area contributed by atoms with Crippen molar-refractivity contribution in [1.82, 2.24) is 0 Å². The van der Waals surface area contributed by atoms with Gasteiger partial charge in [0.1, 0.15) is 22.8 Å². The fourth-order valence-electron chi connectivity index (χ4n) is 5.46. The Balaban J connectivity index is 1.61. The molecule has 0 aliphatic carbocycles. The van der Waals surface area contributed by atoms with Crippen LogP contribution >= 0.6 is 0 Å². The summed E-state index contributed by atoms with van der Waals surface area (Å²) in [6.45, 7) is 11.7. The Morgan fingerprint density at radius 3 is 1.22 bits per heavy atom. The van der Waals surface area contributed by atoms with Gasteiger partial charge in [-0.2, -0.15) is 26.3 Å². The number of rotatable bonds is 12. The van der Waals surface area contributed by atoms with Crippen LogP contribution in [0, 0.1) is 0 Å². The summed E-state index contributed by atoms with van der Waals surface area (Å²) < 4.78 is 126. The highest BCUT2D eigenvalue weighted by Crippen LogP contribution is 2.56. The molecule has 0 unspecified atom stereocenters. The second-order valence-corrected chi connectivity index (χ2v) is 14.8. The van der Waals surface area contributed by atoms with E-state index in [1.807, 2.05) is 27.7 Å².